The van der Waals surface area contributed by atoms with Crippen molar-refractivity contribution in [2.75, 3.05) is 16.5 Å². The molecule has 0 N–H and O–H groups in total. The van der Waals surface area contributed by atoms with Crippen molar-refractivity contribution in [3.8, 4) is 0 Å². The maximum absolute atomic E-state index is 2.35. The van der Waals surface area contributed by atoms with Crippen molar-refractivity contribution in [2.24, 2.45) is 0 Å². The molecule has 0 aromatic heterocycles. The summed E-state index contributed by atoms with van der Waals surface area (Å²) in [4.78, 5) is 4.71. The van der Waals surface area contributed by atoms with Gasteiger partial charge in [0, 0.05) is 55.5 Å². The Morgan fingerprint density at radius 2 is 0.727 bits per heavy atom. The quantitative estimate of drug-likeness (QED) is 0.188. The first-order valence-corrected chi connectivity index (χ1v) is 11.0. The number of benzene rings is 4. The SMILES string of the molecule is CC.Cc1ccc(N(CN(c2ccccc2)c2ccc(C)cc2)c2ccccc2)cc1.[CH3-].[Y]. The van der Waals surface area contributed by atoms with Gasteiger partial charge in [0.15, 0.2) is 0 Å². The zero-order valence-corrected chi connectivity index (χ0v) is 23.4. The van der Waals surface area contributed by atoms with Crippen LogP contribution in [0.3, 0.4) is 0 Å². The van der Waals surface area contributed by atoms with E-state index in [0.29, 0.717) is 6.67 Å². The summed E-state index contributed by atoms with van der Waals surface area (Å²) in [5.41, 5.74) is 7.22. The summed E-state index contributed by atoms with van der Waals surface area (Å²) >= 11 is 0. The van der Waals surface area contributed by atoms with Gasteiger partial charge in [0.05, 0.1) is 6.67 Å². The predicted molar refractivity (Wildman–Crippen MR) is 142 cm³/mol. The monoisotopic (exact) mass is 512 g/mol. The number of rotatable bonds is 6. The van der Waals surface area contributed by atoms with E-state index in [9.17, 15) is 0 Å². The number of para-hydroxylation sites is 2. The van der Waals surface area contributed by atoms with Gasteiger partial charge in [-0.1, -0.05) is 85.6 Å². The first-order chi connectivity index (χ1) is 15.2. The topological polar surface area (TPSA) is 6.48 Å². The van der Waals surface area contributed by atoms with E-state index in [4.69, 9.17) is 0 Å². The Labute approximate surface area is 226 Å². The standard InChI is InChI=1S/C27H26N2.C2H6.CH3.Y/c1-22-13-17-26(18-14-22)28(24-9-5-3-6-10-24)21-29(25-11-7-4-8-12-25)27-19-15-23(2)16-20-27;1-2;;/h3-20H,21H2,1-2H3;1-2H3;1H3;/q;;-1;. The summed E-state index contributed by atoms with van der Waals surface area (Å²) < 4.78 is 0. The van der Waals surface area contributed by atoms with Crippen molar-refractivity contribution in [1.29, 1.82) is 0 Å². The van der Waals surface area contributed by atoms with E-state index in [1.54, 1.807) is 0 Å². The summed E-state index contributed by atoms with van der Waals surface area (Å²) in [6.45, 7) is 8.96. The van der Waals surface area contributed by atoms with E-state index in [1.807, 2.05) is 13.8 Å². The molecular formula is C30H35N2Y-. The second kappa shape index (κ2) is 14.7. The summed E-state index contributed by atoms with van der Waals surface area (Å²) in [6, 6.07) is 38.6. The first kappa shape index (κ1) is 28.6. The third-order valence-electron chi connectivity index (χ3n) is 5.11. The molecule has 0 aliphatic carbocycles. The Morgan fingerprint density at radius 3 is 1.03 bits per heavy atom. The number of anilines is 4. The maximum Gasteiger partial charge on any atom is 0.0999 e. The van der Waals surface area contributed by atoms with Crippen LogP contribution in [0.1, 0.15) is 25.0 Å². The molecule has 0 bridgehead atoms. The Hall–Kier alpha value is -2.42. The molecule has 0 fully saturated rings. The van der Waals surface area contributed by atoms with Gasteiger partial charge in [0.25, 0.3) is 0 Å². The van der Waals surface area contributed by atoms with Crippen LogP contribution in [0.25, 0.3) is 0 Å². The van der Waals surface area contributed by atoms with Crippen LogP contribution >= 0.6 is 0 Å². The number of hydrogen-bond acceptors (Lipinski definition) is 2. The molecule has 1 radical (unpaired) electrons. The van der Waals surface area contributed by atoms with Crippen molar-refractivity contribution in [2.45, 2.75) is 27.7 Å². The van der Waals surface area contributed by atoms with Gasteiger partial charge in [-0.3, -0.25) is 0 Å². The molecule has 3 heteroatoms. The molecular weight excluding hydrogens is 477 g/mol. The van der Waals surface area contributed by atoms with Gasteiger partial charge in [-0.05, 0) is 62.4 Å². The van der Waals surface area contributed by atoms with Crippen LogP contribution in [-0.2, 0) is 32.7 Å². The molecule has 4 aromatic carbocycles. The molecule has 0 saturated carbocycles. The van der Waals surface area contributed by atoms with Gasteiger partial charge in [-0.15, -0.1) is 0 Å². The van der Waals surface area contributed by atoms with Gasteiger partial charge < -0.3 is 17.2 Å². The summed E-state index contributed by atoms with van der Waals surface area (Å²) in [5.74, 6) is 0. The average Bonchev–Trinajstić information content (AvgIpc) is 2.84. The fraction of sp³-hybridized carbons (Fsp3) is 0.167. The van der Waals surface area contributed by atoms with E-state index >= 15 is 0 Å². The van der Waals surface area contributed by atoms with Crippen molar-refractivity contribution in [1.82, 2.24) is 0 Å². The smallest absolute Gasteiger partial charge is 0.0999 e. The van der Waals surface area contributed by atoms with Crippen LogP contribution in [0.5, 0.6) is 0 Å². The molecule has 4 aromatic rings. The molecule has 2 nitrogen and oxygen atoms in total. The summed E-state index contributed by atoms with van der Waals surface area (Å²) in [5, 5.41) is 0. The van der Waals surface area contributed by atoms with E-state index in [2.05, 4.69) is 133 Å². The number of nitrogens with zero attached hydrogens (tertiary/aromatic N) is 2. The third kappa shape index (κ3) is 7.84. The van der Waals surface area contributed by atoms with Gasteiger partial charge in [-0.25, -0.2) is 0 Å². The number of aryl methyl sites for hydroxylation is 2. The molecule has 0 saturated heterocycles. The molecule has 4 rings (SSSR count). The normalized spacial score (nSPS) is 9.45. The van der Waals surface area contributed by atoms with Crippen molar-refractivity contribution in [3.63, 3.8) is 0 Å². The molecule has 33 heavy (non-hydrogen) atoms. The molecule has 0 heterocycles. The van der Waals surface area contributed by atoms with Crippen LogP contribution in [0.15, 0.2) is 109 Å². The second-order valence-electron chi connectivity index (χ2n) is 7.34. The minimum atomic E-state index is 0. The Balaban J connectivity index is 0.00000133. The van der Waals surface area contributed by atoms with Crippen LogP contribution in [0.4, 0.5) is 22.7 Å². The zero-order valence-electron chi connectivity index (χ0n) is 20.6. The Morgan fingerprint density at radius 1 is 0.455 bits per heavy atom. The molecule has 0 unspecified atom stereocenters. The van der Waals surface area contributed by atoms with E-state index in [0.717, 1.165) is 0 Å². The molecule has 0 spiro atoms. The van der Waals surface area contributed by atoms with E-state index in [-0.39, 0.29) is 40.1 Å². The maximum atomic E-state index is 2.35. The minimum absolute atomic E-state index is 0. The largest absolute Gasteiger partial charge is 0.358 e. The minimum Gasteiger partial charge on any atom is -0.358 e. The van der Waals surface area contributed by atoms with Gasteiger partial charge >= 0.3 is 0 Å². The zero-order chi connectivity index (χ0) is 22.1. The Bertz CT molecular complexity index is 943. The summed E-state index contributed by atoms with van der Waals surface area (Å²) in [6.07, 6.45) is 0. The van der Waals surface area contributed by atoms with Crippen LogP contribution < -0.4 is 9.80 Å². The average molecular weight is 513 g/mol. The number of hydrogen-bond donors (Lipinski definition) is 0. The molecule has 0 amide bonds. The van der Waals surface area contributed by atoms with Crippen molar-refractivity contribution >= 4 is 22.7 Å². The molecule has 0 atom stereocenters. The molecule has 169 valence electrons. The predicted octanol–water partition coefficient (Wildman–Crippen LogP) is 8.71. The van der Waals surface area contributed by atoms with E-state index < -0.39 is 0 Å². The van der Waals surface area contributed by atoms with E-state index in [1.165, 1.54) is 33.9 Å². The van der Waals surface area contributed by atoms with Crippen LogP contribution in [-0.4, -0.2) is 6.67 Å². The van der Waals surface area contributed by atoms with Crippen molar-refractivity contribution < 1.29 is 32.7 Å². The third-order valence-corrected chi connectivity index (χ3v) is 5.11. The fourth-order valence-electron chi connectivity index (χ4n) is 3.43. The van der Waals surface area contributed by atoms with Gasteiger partial charge in [-0.2, -0.15) is 0 Å². The van der Waals surface area contributed by atoms with Crippen molar-refractivity contribution in [3.05, 3.63) is 128 Å². The van der Waals surface area contributed by atoms with Gasteiger partial charge in [0.2, 0.25) is 0 Å². The Kier molecular flexibility index (Phi) is 12.7. The molecule has 0 aliphatic heterocycles. The van der Waals surface area contributed by atoms with Crippen LogP contribution in [0.2, 0.25) is 0 Å². The second-order valence-corrected chi connectivity index (χ2v) is 7.34. The fourth-order valence-corrected chi connectivity index (χ4v) is 3.43. The first-order valence-electron chi connectivity index (χ1n) is 11.0. The summed E-state index contributed by atoms with van der Waals surface area (Å²) in [7, 11) is 0. The van der Waals surface area contributed by atoms with Gasteiger partial charge in [0.1, 0.15) is 0 Å². The van der Waals surface area contributed by atoms with Crippen LogP contribution in [0, 0.1) is 21.3 Å². The molecule has 0 aliphatic rings.